The molecule has 0 aromatic rings. The van der Waals surface area contributed by atoms with Crippen LogP contribution in [0.2, 0.25) is 0 Å². The minimum absolute atomic E-state index is 1.09. The Bertz CT molecular complexity index is 172. The van der Waals surface area contributed by atoms with Crippen molar-refractivity contribution in [2.45, 2.75) is 38.5 Å². The molecule has 0 radical (unpaired) electrons. The molecule has 12 heavy (non-hydrogen) atoms. The monoisotopic (exact) mass is 162 g/mol. The summed E-state index contributed by atoms with van der Waals surface area (Å²) in [5.41, 5.74) is 0. The van der Waals surface area contributed by atoms with Gasteiger partial charge in [0.1, 0.15) is 0 Å². The summed E-state index contributed by atoms with van der Waals surface area (Å²) in [5.74, 6) is 0. The fourth-order valence-corrected chi connectivity index (χ4v) is 1.33. The van der Waals surface area contributed by atoms with E-state index in [0.29, 0.717) is 0 Å². The van der Waals surface area contributed by atoms with E-state index >= 15 is 0 Å². The van der Waals surface area contributed by atoms with Crippen LogP contribution in [0.25, 0.3) is 0 Å². The number of allylic oxidation sites excluding steroid dienone is 6. The second-order valence-corrected chi connectivity index (χ2v) is 3.20. The molecule has 66 valence electrons. The van der Waals surface area contributed by atoms with Gasteiger partial charge in [-0.15, -0.1) is 0 Å². The second kappa shape index (κ2) is 6.90. The van der Waals surface area contributed by atoms with Crippen LogP contribution in [0.15, 0.2) is 36.5 Å². The predicted octanol–water partition coefficient (Wildman–Crippen LogP) is 4.01. The van der Waals surface area contributed by atoms with Crippen molar-refractivity contribution in [3.05, 3.63) is 36.5 Å². The molecule has 0 saturated heterocycles. The van der Waals surface area contributed by atoms with Crippen molar-refractivity contribution in [1.82, 2.24) is 0 Å². The lowest BCUT2D eigenvalue weighted by molar-refractivity contribution is 0.695. The Hall–Kier alpha value is -0.780. The summed E-state index contributed by atoms with van der Waals surface area (Å²) in [7, 11) is 0. The van der Waals surface area contributed by atoms with E-state index in [2.05, 4.69) is 36.5 Å². The molecule has 1 aliphatic rings. The molecule has 0 fully saturated rings. The molecule has 0 atom stereocenters. The summed E-state index contributed by atoms with van der Waals surface area (Å²) in [6.07, 6.45) is 21.0. The molecular formula is C12H18. The van der Waals surface area contributed by atoms with Crippen LogP contribution in [0.5, 0.6) is 0 Å². The van der Waals surface area contributed by atoms with Gasteiger partial charge in [0.15, 0.2) is 0 Å². The zero-order valence-corrected chi connectivity index (χ0v) is 7.71. The highest BCUT2D eigenvalue weighted by molar-refractivity contribution is 5.05. The van der Waals surface area contributed by atoms with Crippen LogP contribution in [0.1, 0.15) is 38.5 Å². The summed E-state index contributed by atoms with van der Waals surface area (Å²) in [4.78, 5) is 0. The van der Waals surface area contributed by atoms with Crippen LogP contribution in [-0.2, 0) is 0 Å². The third kappa shape index (κ3) is 4.95. The van der Waals surface area contributed by atoms with E-state index in [1.807, 2.05) is 0 Å². The van der Waals surface area contributed by atoms with Gasteiger partial charge >= 0.3 is 0 Å². The second-order valence-electron chi connectivity index (χ2n) is 3.20. The van der Waals surface area contributed by atoms with E-state index in [4.69, 9.17) is 0 Å². The number of rotatable bonds is 0. The molecule has 0 amide bonds. The summed E-state index contributed by atoms with van der Waals surface area (Å²) < 4.78 is 0. The standard InChI is InChI=1S/C12H18/c1-2-4-6-8-10-12-11-9-7-5-3-1/h1-4,7,9H,5-6,8,10-12H2/b3-1+,4-2?,9-7?. The van der Waals surface area contributed by atoms with E-state index in [1.54, 1.807) is 0 Å². The maximum absolute atomic E-state index is 2.30. The highest BCUT2D eigenvalue weighted by Crippen LogP contribution is 2.05. The van der Waals surface area contributed by atoms with Crippen LogP contribution in [0.4, 0.5) is 0 Å². The fraction of sp³-hybridized carbons (Fsp3) is 0.500. The van der Waals surface area contributed by atoms with Crippen molar-refractivity contribution in [3.63, 3.8) is 0 Å². The van der Waals surface area contributed by atoms with Crippen LogP contribution in [0.3, 0.4) is 0 Å². The van der Waals surface area contributed by atoms with E-state index in [9.17, 15) is 0 Å². The molecule has 0 heterocycles. The molecule has 0 heteroatoms. The zero-order chi connectivity index (χ0) is 8.49. The van der Waals surface area contributed by atoms with Crippen LogP contribution in [0, 0.1) is 0 Å². The van der Waals surface area contributed by atoms with Crippen molar-refractivity contribution in [1.29, 1.82) is 0 Å². The SMILES string of the molecule is C1=CCCCCCC=CC/C=C/1. The quantitative estimate of drug-likeness (QED) is 0.472. The van der Waals surface area contributed by atoms with E-state index in [0.717, 1.165) is 6.42 Å². The molecule has 0 saturated carbocycles. The molecule has 0 aliphatic heterocycles. The Balaban J connectivity index is 2.31. The molecule has 0 bridgehead atoms. The van der Waals surface area contributed by atoms with Crippen LogP contribution in [-0.4, -0.2) is 0 Å². The Morgan fingerprint density at radius 1 is 0.583 bits per heavy atom. The Labute approximate surface area is 75.7 Å². The smallest absolute Gasteiger partial charge is 0.0166 e. The topological polar surface area (TPSA) is 0 Å². The van der Waals surface area contributed by atoms with Gasteiger partial charge in [0.25, 0.3) is 0 Å². The average molecular weight is 162 g/mol. The third-order valence-corrected chi connectivity index (χ3v) is 2.06. The lowest BCUT2D eigenvalue weighted by Crippen LogP contribution is -1.75. The van der Waals surface area contributed by atoms with E-state index in [1.165, 1.54) is 32.1 Å². The maximum Gasteiger partial charge on any atom is -0.0166 e. The van der Waals surface area contributed by atoms with Gasteiger partial charge < -0.3 is 0 Å². The van der Waals surface area contributed by atoms with Crippen molar-refractivity contribution in [3.8, 4) is 0 Å². The van der Waals surface area contributed by atoms with Gasteiger partial charge in [-0.1, -0.05) is 42.9 Å². The minimum Gasteiger partial charge on any atom is -0.0882 e. The normalized spacial score (nSPS) is 22.7. The van der Waals surface area contributed by atoms with Crippen LogP contribution < -0.4 is 0 Å². The van der Waals surface area contributed by atoms with Crippen molar-refractivity contribution < 1.29 is 0 Å². The van der Waals surface area contributed by atoms with Gasteiger partial charge in [-0.05, 0) is 32.1 Å². The third-order valence-electron chi connectivity index (χ3n) is 2.06. The Morgan fingerprint density at radius 2 is 1.33 bits per heavy atom. The summed E-state index contributed by atoms with van der Waals surface area (Å²) >= 11 is 0. The molecule has 0 spiro atoms. The first-order valence-corrected chi connectivity index (χ1v) is 4.97. The first-order chi connectivity index (χ1) is 6.00. The zero-order valence-electron chi connectivity index (χ0n) is 7.71. The lowest BCUT2D eigenvalue weighted by Gasteiger charge is -1.95. The average Bonchev–Trinajstić information content (AvgIpc) is 2.05. The highest BCUT2D eigenvalue weighted by Gasteiger charge is 1.85. The summed E-state index contributed by atoms with van der Waals surface area (Å²) in [5, 5.41) is 0. The minimum atomic E-state index is 1.09. The van der Waals surface area contributed by atoms with Gasteiger partial charge in [0, 0.05) is 0 Å². The molecular weight excluding hydrogens is 144 g/mol. The van der Waals surface area contributed by atoms with E-state index < -0.39 is 0 Å². The predicted molar refractivity (Wildman–Crippen MR) is 55.1 cm³/mol. The number of hydrogen-bond acceptors (Lipinski definition) is 0. The molecule has 0 nitrogen and oxygen atoms in total. The van der Waals surface area contributed by atoms with E-state index in [-0.39, 0.29) is 0 Å². The molecule has 0 N–H and O–H groups in total. The molecule has 1 rings (SSSR count). The summed E-state index contributed by atoms with van der Waals surface area (Å²) in [6.45, 7) is 0. The molecule has 0 aromatic carbocycles. The highest BCUT2D eigenvalue weighted by atomic mass is 13.9. The van der Waals surface area contributed by atoms with Gasteiger partial charge in [-0.25, -0.2) is 0 Å². The Morgan fingerprint density at radius 3 is 2.25 bits per heavy atom. The Kier molecular flexibility index (Phi) is 5.35. The first kappa shape index (κ1) is 9.31. The first-order valence-electron chi connectivity index (χ1n) is 4.97. The van der Waals surface area contributed by atoms with Gasteiger partial charge in [0.05, 0.1) is 0 Å². The maximum atomic E-state index is 2.30. The molecule has 1 aliphatic carbocycles. The summed E-state index contributed by atoms with van der Waals surface area (Å²) in [6, 6.07) is 0. The van der Waals surface area contributed by atoms with Crippen molar-refractivity contribution in [2.75, 3.05) is 0 Å². The molecule has 0 unspecified atom stereocenters. The fourth-order valence-electron chi connectivity index (χ4n) is 1.33. The van der Waals surface area contributed by atoms with Crippen molar-refractivity contribution >= 4 is 0 Å². The van der Waals surface area contributed by atoms with Gasteiger partial charge in [-0.3, -0.25) is 0 Å². The van der Waals surface area contributed by atoms with Gasteiger partial charge in [-0.2, -0.15) is 0 Å². The largest absolute Gasteiger partial charge is 0.0882 e. The lowest BCUT2D eigenvalue weighted by atomic mass is 10.1. The van der Waals surface area contributed by atoms with Gasteiger partial charge in [0.2, 0.25) is 0 Å². The van der Waals surface area contributed by atoms with Crippen LogP contribution >= 0.6 is 0 Å². The number of hydrogen-bond donors (Lipinski definition) is 0. The van der Waals surface area contributed by atoms with Crippen molar-refractivity contribution in [2.24, 2.45) is 0 Å². The molecule has 0 aromatic heterocycles.